The second-order valence-electron chi connectivity index (χ2n) is 14.0. The smallest absolute Gasteiger partial charge is 0.324 e. The SMILES string of the molecule is COc1cc(Nc2cc(Oc3ccc(N(C(N)=O)c4cc(C(C)(C)C)cc(NS(C)(=O)=O)c4OC)c4ccccc34)ccn2)ccc1C(=O)NCC[C@@H](N)C(=O)O. The topological polar surface area (TPSA) is 238 Å². The first-order chi connectivity index (χ1) is 26.9. The van der Waals surface area contributed by atoms with E-state index < -0.39 is 39.4 Å². The van der Waals surface area contributed by atoms with Crippen LogP contribution < -0.4 is 45.9 Å². The molecule has 0 saturated heterocycles. The fourth-order valence-electron chi connectivity index (χ4n) is 5.94. The highest BCUT2D eigenvalue weighted by Gasteiger charge is 2.28. The van der Waals surface area contributed by atoms with E-state index in [0.29, 0.717) is 39.5 Å². The molecular formula is C40H45N7O9S. The van der Waals surface area contributed by atoms with Gasteiger partial charge >= 0.3 is 12.0 Å². The van der Waals surface area contributed by atoms with Gasteiger partial charge in [-0.2, -0.15) is 0 Å². The van der Waals surface area contributed by atoms with Crippen molar-refractivity contribution in [3.63, 3.8) is 0 Å². The first kappa shape index (κ1) is 41.6. The second kappa shape index (κ2) is 17.1. The first-order valence-corrected chi connectivity index (χ1v) is 19.5. The lowest BCUT2D eigenvalue weighted by molar-refractivity contribution is -0.138. The molecule has 3 amide bonds. The Labute approximate surface area is 330 Å². The van der Waals surface area contributed by atoms with E-state index in [2.05, 4.69) is 20.3 Å². The number of benzene rings is 4. The molecule has 0 saturated carbocycles. The number of fused-ring (bicyclic) bond motifs is 1. The number of aliphatic carboxylic acids is 1. The number of nitrogens with zero attached hydrogens (tertiary/aromatic N) is 2. The molecule has 0 aliphatic rings. The van der Waals surface area contributed by atoms with Gasteiger partial charge in [0, 0.05) is 41.3 Å². The number of nitrogens with two attached hydrogens (primary N) is 2. The van der Waals surface area contributed by atoms with Gasteiger partial charge in [-0.05, 0) is 59.9 Å². The number of sulfonamides is 1. The molecule has 1 aromatic heterocycles. The molecule has 0 fully saturated rings. The number of nitrogens with one attached hydrogen (secondary N) is 3. The molecule has 300 valence electrons. The van der Waals surface area contributed by atoms with E-state index in [1.54, 1.807) is 66.9 Å². The van der Waals surface area contributed by atoms with Gasteiger partial charge in [0.05, 0.1) is 43.1 Å². The summed E-state index contributed by atoms with van der Waals surface area (Å²) in [4.78, 5) is 42.8. The van der Waals surface area contributed by atoms with Gasteiger partial charge < -0.3 is 41.4 Å². The third-order valence-corrected chi connectivity index (χ3v) is 9.32. The number of aromatic nitrogens is 1. The molecule has 5 rings (SSSR count). The molecule has 0 aliphatic heterocycles. The Kier molecular flexibility index (Phi) is 12.4. The van der Waals surface area contributed by atoms with Crippen LogP contribution in [0.3, 0.4) is 0 Å². The maximum absolute atomic E-state index is 13.4. The molecule has 17 heteroatoms. The number of pyridine rings is 1. The summed E-state index contributed by atoms with van der Waals surface area (Å²) in [5, 5.41) is 16.0. The third kappa shape index (κ3) is 10.00. The predicted molar refractivity (Wildman–Crippen MR) is 219 cm³/mol. The Morgan fingerprint density at radius 1 is 0.912 bits per heavy atom. The minimum absolute atomic E-state index is 0.0634. The summed E-state index contributed by atoms with van der Waals surface area (Å²) in [6.45, 7) is 5.94. The number of ether oxygens (including phenoxy) is 3. The summed E-state index contributed by atoms with van der Waals surface area (Å²) in [7, 11) is -0.928. The molecule has 1 heterocycles. The zero-order chi connectivity index (χ0) is 41.7. The zero-order valence-electron chi connectivity index (χ0n) is 32.2. The van der Waals surface area contributed by atoms with Gasteiger partial charge in [0.15, 0.2) is 5.75 Å². The third-order valence-electron chi connectivity index (χ3n) is 8.73. The molecule has 8 N–H and O–H groups in total. The van der Waals surface area contributed by atoms with E-state index in [1.807, 2.05) is 39.0 Å². The number of amides is 3. The van der Waals surface area contributed by atoms with Gasteiger partial charge in [-0.3, -0.25) is 19.2 Å². The van der Waals surface area contributed by atoms with Crippen LogP contribution in [0, 0.1) is 0 Å². The number of hydrogen-bond acceptors (Lipinski definition) is 11. The van der Waals surface area contributed by atoms with Crippen LogP contribution in [0.1, 0.15) is 43.1 Å². The molecule has 4 aromatic carbocycles. The van der Waals surface area contributed by atoms with Crippen molar-refractivity contribution in [2.24, 2.45) is 11.5 Å². The highest BCUT2D eigenvalue weighted by molar-refractivity contribution is 7.92. The molecule has 0 aliphatic carbocycles. The lowest BCUT2D eigenvalue weighted by Gasteiger charge is -2.29. The Morgan fingerprint density at radius 3 is 2.26 bits per heavy atom. The average Bonchev–Trinajstić information content (AvgIpc) is 3.14. The quantitative estimate of drug-likeness (QED) is 0.0694. The minimum atomic E-state index is -3.73. The lowest BCUT2D eigenvalue weighted by Crippen LogP contribution is -2.35. The highest BCUT2D eigenvalue weighted by Crippen LogP contribution is 2.46. The summed E-state index contributed by atoms with van der Waals surface area (Å²) < 4.78 is 44.8. The Bertz CT molecular complexity index is 2440. The number of rotatable bonds is 15. The largest absolute Gasteiger partial charge is 0.496 e. The van der Waals surface area contributed by atoms with E-state index >= 15 is 0 Å². The number of carbonyl (C=O) groups is 3. The molecule has 0 radical (unpaired) electrons. The van der Waals surface area contributed by atoms with E-state index in [-0.39, 0.29) is 41.4 Å². The number of hydrogen-bond donors (Lipinski definition) is 6. The maximum Gasteiger partial charge on any atom is 0.324 e. The van der Waals surface area contributed by atoms with Crippen LogP contribution >= 0.6 is 0 Å². The lowest BCUT2D eigenvalue weighted by atomic mass is 9.86. The van der Waals surface area contributed by atoms with Crippen molar-refractivity contribution in [1.29, 1.82) is 0 Å². The number of carboxylic acids is 1. The van der Waals surface area contributed by atoms with Crippen molar-refractivity contribution in [3.05, 3.63) is 96.2 Å². The Balaban J connectivity index is 1.45. The van der Waals surface area contributed by atoms with Crippen molar-refractivity contribution >= 4 is 67.3 Å². The van der Waals surface area contributed by atoms with Crippen molar-refractivity contribution in [2.75, 3.05) is 42.0 Å². The van der Waals surface area contributed by atoms with Crippen molar-refractivity contribution < 1.29 is 42.1 Å². The van der Waals surface area contributed by atoms with Crippen molar-refractivity contribution in [2.45, 2.75) is 38.6 Å². The van der Waals surface area contributed by atoms with Gasteiger partial charge in [-0.1, -0.05) is 45.0 Å². The van der Waals surface area contributed by atoms with E-state index in [0.717, 1.165) is 11.8 Å². The maximum atomic E-state index is 13.4. The monoisotopic (exact) mass is 799 g/mol. The van der Waals surface area contributed by atoms with Crippen molar-refractivity contribution in [3.8, 4) is 23.0 Å². The van der Waals surface area contributed by atoms with Crippen molar-refractivity contribution in [1.82, 2.24) is 10.3 Å². The van der Waals surface area contributed by atoms with Crippen LogP contribution in [0.5, 0.6) is 23.0 Å². The summed E-state index contributed by atoms with van der Waals surface area (Å²) >= 11 is 0. The number of carbonyl (C=O) groups excluding carboxylic acids is 2. The van der Waals surface area contributed by atoms with Crippen LogP contribution in [0.15, 0.2) is 85.1 Å². The summed E-state index contributed by atoms with van der Waals surface area (Å²) in [6, 6.07) is 20.3. The second-order valence-corrected chi connectivity index (χ2v) is 15.8. The summed E-state index contributed by atoms with van der Waals surface area (Å²) in [5.41, 5.74) is 13.4. The zero-order valence-corrected chi connectivity index (χ0v) is 33.1. The van der Waals surface area contributed by atoms with Gasteiger partial charge in [0.1, 0.15) is 29.1 Å². The molecule has 5 aromatic rings. The van der Waals surface area contributed by atoms with Gasteiger partial charge in [-0.15, -0.1) is 0 Å². The number of urea groups is 1. The highest BCUT2D eigenvalue weighted by atomic mass is 32.2. The molecular weight excluding hydrogens is 755 g/mol. The van der Waals surface area contributed by atoms with Crippen LogP contribution in [0.4, 0.5) is 33.4 Å². The first-order valence-electron chi connectivity index (χ1n) is 17.6. The van der Waals surface area contributed by atoms with Gasteiger partial charge in [-0.25, -0.2) is 18.2 Å². The molecule has 0 spiro atoms. The summed E-state index contributed by atoms with van der Waals surface area (Å²) in [6.07, 6.45) is 2.65. The van der Waals surface area contributed by atoms with Gasteiger partial charge in [0.25, 0.3) is 5.91 Å². The minimum Gasteiger partial charge on any atom is -0.496 e. The predicted octanol–water partition coefficient (Wildman–Crippen LogP) is 6.21. The van der Waals surface area contributed by atoms with Crippen LogP contribution in [0.25, 0.3) is 10.8 Å². The number of carboxylic acid groups (broad SMARTS) is 1. The van der Waals surface area contributed by atoms with E-state index in [9.17, 15) is 22.8 Å². The number of primary amides is 1. The molecule has 16 nitrogen and oxygen atoms in total. The Hall–Kier alpha value is -6.59. The fourth-order valence-corrected chi connectivity index (χ4v) is 6.49. The molecule has 1 atom stereocenters. The van der Waals surface area contributed by atoms with Gasteiger partial charge in [0.2, 0.25) is 10.0 Å². The average molecular weight is 800 g/mol. The number of anilines is 5. The summed E-state index contributed by atoms with van der Waals surface area (Å²) in [5.74, 6) is 0.0631. The molecule has 0 bridgehead atoms. The van der Waals surface area contributed by atoms with E-state index in [1.165, 1.54) is 19.1 Å². The standard InChI is InChI=1S/C40H45N7O9S/c1-40(2,3)23-19-30(46-57(6,52)53)36(55-5)32(20-23)47(39(42)51)31-13-14-33(27-10-8-7-9-26(27)31)56-25-15-17-43-35(22-25)45-24-11-12-28(34(21-24)54-4)37(48)44-18-16-29(41)38(49)50/h7-15,17,19-22,29,46H,16,18,41H2,1-6H3,(H2,42,51)(H,43,45)(H,44,48)(H,49,50)/t29-/m1/s1. The van der Waals surface area contributed by atoms with Crippen LogP contribution in [-0.2, 0) is 20.2 Å². The molecule has 0 unspecified atom stereocenters. The number of methoxy groups -OCH3 is 2. The van der Waals surface area contributed by atoms with Crippen LogP contribution in [-0.4, -0.2) is 69.5 Å². The Morgan fingerprint density at radius 2 is 1.63 bits per heavy atom. The van der Waals surface area contributed by atoms with E-state index in [4.69, 9.17) is 30.8 Å². The fraction of sp³-hybridized carbons (Fsp3) is 0.250. The normalized spacial score (nSPS) is 12.0. The molecule has 57 heavy (non-hydrogen) atoms. The van der Waals surface area contributed by atoms with Crippen LogP contribution in [0.2, 0.25) is 0 Å².